The molecule has 0 spiro atoms. The van der Waals surface area contributed by atoms with Gasteiger partial charge in [0.2, 0.25) is 0 Å². The van der Waals surface area contributed by atoms with E-state index in [1.165, 1.54) is 0 Å². The van der Waals surface area contributed by atoms with Crippen LogP contribution in [0.1, 0.15) is 20.3 Å². The number of carbonyl (C=O) groups is 1. The number of rotatable bonds is 0. The van der Waals surface area contributed by atoms with Gasteiger partial charge in [-0.15, -0.1) is 0 Å². The quantitative estimate of drug-likeness (QED) is 0.566. The third-order valence-corrected chi connectivity index (χ3v) is 3.37. The molecule has 3 aliphatic rings. The van der Waals surface area contributed by atoms with Gasteiger partial charge in [0.05, 0.1) is 6.10 Å². The van der Waals surface area contributed by atoms with Gasteiger partial charge in [-0.05, 0) is 20.3 Å². The molecule has 0 aromatic heterocycles. The van der Waals surface area contributed by atoms with Gasteiger partial charge in [-0.25, -0.2) is 4.79 Å². The number of esters is 1. The summed E-state index contributed by atoms with van der Waals surface area (Å²) in [5, 5.41) is 9.57. The Labute approximate surface area is 87.3 Å². The van der Waals surface area contributed by atoms with Gasteiger partial charge < -0.3 is 19.3 Å². The molecule has 3 fully saturated rings. The van der Waals surface area contributed by atoms with Crippen molar-refractivity contribution in [3.63, 3.8) is 0 Å². The molecule has 0 aromatic rings. The molecule has 0 aromatic carbocycles. The molecule has 5 unspecified atom stereocenters. The zero-order valence-electron chi connectivity index (χ0n) is 8.67. The van der Waals surface area contributed by atoms with Gasteiger partial charge >= 0.3 is 5.97 Å². The number of fused-ring (bicyclic) bond motifs is 3. The zero-order chi connectivity index (χ0) is 10.8. The van der Waals surface area contributed by atoms with Crippen LogP contribution < -0.4 is 0 Å². The lowest BCUT2D eigenvalue weighted by molar-refractivity contribution is -0.169. The Hall–Kier alpha value is -0.650. The van der Waals surface area contributed by atoms with Gasteiger partial charge in [-0.3, -0.25) is 0 Å². The predicted molar refractivity (Wildman–Crippen MR) is 47.8 cm³/mol. The van der Waals surface area contributed by atoms with Crippen molar-refractivity contribution in [2.45, 2.75) is 50.5 Å². The van der Waals surface area contributed by atoms with Crippen molar-refractivity contribution < 1.29 is 24.1 Å². The number of aliphatic hydroxyl groups excluding tert-OH is 1. The lowest BCUT2D eigenvalue weighted by Gasteiger charge is -2.21. The summed E-state index contributed by atoms with van der Waals surface area (Å²) in [4.78, 5) is 11.2. The van der Waals surface area contributed by atoms with Crippen molar-refractivity contribution >= 4 is 5.97 Å². The van der Waals surface area contributed by atoms with E-state index in [9.17, 15) is 9.90 Å². The molecule has 5 atom stereocenters. The Morgan fingerprint density at radius 1 is 1.33 bits per heavy atom. The maximum atomic E-state index is 11.2. The van der Waals surface area contributed by atoms with Crippen LogP contribution in [0.2, 0.25) is 0 Å². The van der Waals surface area contributed by atoms with E-state index in [2.05, 4.69) is 0 Å². The topological polar surface area (TPSA) is 65.0 Å². The molecule has 1 saturated carbocycles. The molecule has 0 bridgehead atoms. The zero-order valence-corrected chi connectivity index (χ0v) is 8.67. The molecular formula is C10H14O5. The van der Waals surface area contributed by atoms with Crippen LogP contribution in [0.4, 0.5) is 0 Å². The average molecular weight is 214 g/mol. The third-order valence-electron chi connectivity index (χ3n) is 3.37. The molecule has 0 amide bonds. The second kappa shape index (κ2) is 2.72. The summed E-state index contributed by atoms with van der Waals surface area (Å²) in [6.45, 7) is 3.68. The number of hydrogen-bond donors (Lipinski definition) is 1. The Morgan fingerprint density at radius 3 is 2.80 bits per heavy atom. The van der Waals surface area contributed by atoms with E-state index in [0.717, 1.165) is 0 Å². The Kier molecular flexibility index (Phi) is 1.74. The number of aliphatic hydroxyl groups is 1. The highest BCUT2D eigenvalue weighted by molar-refractivity contribution is 5.77. The summed E-state index contributed by atoms with van der Waals surface area (Å²) < 4.78 is 16.5. The van der Waals surface area contributed by atoms with Crippen LogP contribution in [0.3, 0.4) is 0 Å². The van der Waals surface area contributed by atoms with Crippen molar-refractivity contribution in [3.05, 3.63) is 0 Å². The molecule has 2 saturated heterocycles. The first kappa shape index (κ1) is 9.57. The summed E-state index contributed by atoms with van der Waals surface area (Å²) in [6.07, 6.45) is -0.981. The molecule has 5 nitrogen and oxygen atoms in total. The normalized spacial score (nSPS) is 51.4. The first-order valence-corrected chi connectivity index (χ1v) is 5.22. The number of ether oxygens (including phenoxy) is 3. The highest BCUT2D eigenvalue weighted by Gasteiger charge is 2.61. The first-order valence-electron chi connectivity index (χ1n) is 5.22. The molecule has 1 aliphatic carbocycles. The smallest absolute Gasteiger partial charge is 0.335 e. The van der Waals surface area contributed by atoms with Crippen molar-refractivity contribution in [3.8, 4) is 0 Å². The molecule has 5 heteroatoms. The van der Waals surface area contributed by atoms with Gasteiger partial charge in [-0.2, -0.15) is 0 Å². The number of carbonyl (C=O) groups excluding carboxylic acids is 1. The highest BCUT2D eigenvalue weighted by atomic mass is 16.8. The summed E-state index contributed by atoms with van der Waals surface area (Å²) >= 11 is 0. The van der Waals surface area contributed by atoms with Crippen molar-refractivity contribution in [2.24, 2.45) is 5.92 Å². The number of hydrogen-bond acceptors (Lipinski definition) is 5. The van der Waals surface area contributed by atoms with Gasteiger partial charge in [0, 0.05) is 5.92 Å². The SMILES string of the molecule is CC1(C)OC2CC3C(O)C(=O)OC3C2O1. The van der Waals surface area contributed by atoms with Crippen LogP contribution >= 0.6 is 0 Å². The molecule has 2 aliphatic heterocycles. The second-order valence-corrected chi connectivity index (χ2v) is 4.88. The summed E-state index contributed by atoms with van der Waals surface area (Å²) in [7, 11) is 0. The minimum Gasteiger partial charge on any atom is -0.457 e. The fourth-order valence-corrected chi connectivity index (χ4v) is 2.81. The van der Waals surface area contributed by atoms with E-state index in [1.54, 1.807) is 0 Å². The van der Waals surface area contributed by atoms with Crippen LogP contribution in [0.15, 0.2) is 0 Å². The van der Waals surface area contributed by atoms with Crippen LogP contribution in [-0.4, -0.2) is 41.3 Å². The summed E-state index contributed by atoms with van der Waals surface area (Å²) in [5.74, 6) is -1.30. The average Bonchev–Trinajstić information content (AvgIpc) is 2.66. The summed E-state index contributed by atoms with van der Waals surface area (Å²) in [6, 6.07) is 0. The van der Waals surface area contributed by atoms with Crippen LogP contribution in [0, 0.1) is 5.92 Å². The van der Waals surface area contributed by atoms with E-state index >= 15 is 0 Å². The Balaban J connectivity index is 1.83. The molecule has 15 heavy (non-hydrogen) atoms. The fourth-order valence-electron chi connectivity index (χ4n) is 2.81. The van der Waals surface area contributed by atoms with Gasteiger partial charge in [0.25, 0.3) is 0 Å². The maximum Gasteiger partial charge on any atom is 0.335 e. The Morgan fingerprint density at radius 2 is 2.07 bits per heavy atom. The van der Waals surface area contributed by atoms with Gasteiger partial charge in [-0.1, -0.05) is 0 Å². The lowest BCUT2D eigenvalue weighted by atomic mass is 10.0. The molecule has 1 N–H and O–H groups in total. The monoisotopic (exact) mass is 214 g/mol. The van der Waals surface area contributed by atoms with Crippen LogP contribution in [0.5, 0.6) is 0 Å². The van der Waals surface area contributed by atoms with E-state index in [1.807, 2.05) is 13.8 Å². The van der Waals surface area contributed by atoms with Crippen LogP contribution in [0.25, 0.3) is 0 Å². The standard InChI is InChI=1S/C10H14O5/c1-10(2)14-5-3-4-6(11)9(12)13-7(4)8(5)15-10/h4-8,11H,3H2,1-2H3. The van der Waals surface area contributed by atoms with Gasteiger partial charge in [0.15, 0.2) is 11.9 Å². The van der Waals surface area contributed by atoms with Crippen molar-refractivity contribution in [1.29, 1.82) is 0 Å². The molecular weight excluding hydrogens is 200 g/mol. The Bertz CT molecular complexity index is 313. The van der Waals surface area contributed by atoms with E-state index in [4.69, 9.17) is 14.2 Å². The van der Waals surface area contributed by atoms with E-state index in [0.29, 0.717) is 6.42 Å². The van der Waals surface area contributed by atoms with Gasteiger partial charge in [0.1, 0.15) is 12.2 Å². The fraction of sp³-hybridized carbons (Fsp3) is 0.900. The minimum atomic E-state index is -1.00. The third kappa shape index (κ3) is 1.23. The van der Waals surface area contributed by atoms with Crippen LogP contribution in [-0.2, 0) is 19.0 Å². The maximum absolute atomic E-state index is 11.2. The minimum absolute atomic E-state index is 0.0576. The van der Waals surface area contributed by atoms with Crippen molar-refractivity contribution in [2.75, 3.05) is 0 Å². The second-order valence-electron chi connectivity index (χ2n) is 4.88. The predicted octanol–water partition coefficient (Wildman–Crippen LogP) is -0.187. The highest BCUT2D eigenvalue weighted by Crippen LogP contribution is 2.46. The molecule has 84 valence electrons. The van der Waals surface area contributed by atoms with Crippen molar-refractivity contribution in [1.82, 2.24) is 0 Å². The molecule has 3 rings (SSSR count). The van der Waals surface area contributed by atoms with E-state index in [-0.39, 0.29) is 24.2 Å². The van der Waals surface area contributed by atoms with E-state index < -0.39 is 17.9 Å². The largest absolute Gasteiger partial charge is 0.457 e. The molecule has 0 radical (unpaired) electrons. The summed E-state index contributed by atoms with van der Waals surface area (Å²) in [5.41, 5.74) is 0. The first-order chi connectivity index (χ1) is 6.98. The molecule has 2 heterocycles. The lowest BCUT2D eigenvalue weighted by Crippen LogP contribution is -2.31.